The second-order valence-electron chi connectivity index (χ2n) is 6.53. The number of amides is 2. The minimum atomic E-state index is -0.657. The molecule has 3 rings (SSSR count). The lowest BCUT2D eigenvalue weighted by molar-refractivity contribution is -0.125. The van der Waals surface area contributed by atoms with Gasteiger partial charge in [0.25, 0.3) is 5.56 Å². The summed E-state index contributed by atoms with van der Waals surface area (Å²) in [5, 5.41) is 8.28. The fraction of sp³-hybridized carbons (Fsp3) is 0.368. The summed E-state index contributed by atoms with van der Waals surface area (Å²) in [5.41, 5.74) is 0.596. The van der Waals surface area contributed by atoms with E-state index in [-0.39, 0.29) is 42.0 Å². The first-order valence-corrected chi connectivity index (χ1v) is 9.11. The van der Waals surface area contributed by atoms with Gasteiger partial charge in [0.1, 0.15) is 11.6 Å². The highest BCUT2D eigenvalue weighted by Crippen LogP contribution is 2.24. The number of hydrogen-bond acceptors (Lipinski definition) is 7. The van der Waals surface area contributed by atoms with Crippen LogP contribution in [0.5, 0.6) is 5.75 Å². The van der Waals surface area contributed by atoms with E-state index in [0.29, 0.717) is 30.2 Å². The Balaban J connectivity index is 1.65. The van der Waals surface area contributed by atoms with E-state index in [9.17, 15) is 14.4 Å². The summed E-state index contributed by atoms with van der Waals surface area (Å²) in [6.07, 6.45) is 0.0858. The SMILES string of the molecule is COCCNc1nc2c(c(=O)[nH]1)CC(CC(=O)Nc1ccc(OC)cc1)C(=O)N2. The number of methoxy groups -OCH3 is 2. The Morgan fingerprint density at radius 3 is 2.69 bits per heavy atom. The average Bonchev–Trinajstić information content (AvgIpc) is 2.70. The topological polar surface area (TPSA) is 134 Å². The molecule has 1 unspecified atom stereocenters. The van der Waals surface area contributed by atoms with Gasteiger partial charge in [-0.05, 0) is 30.7 Å². The van der Waals surface area contributed by atoms with Gasteiger partial charge in [0.05, 0.1) is 25.2 Å². The smallest absolute Gasteiger partial charge is 0.257 e. The van der Waals surface area contributed by atoms with Crippen LogP contribution in [-0.4, -0.2) is 49.2 Å². The summed E-state index contributed by atoms with van der Waals surface area (Å²) in [6.45, 7) is 0.902. The average molecular weight is 401 g/mol. The van der Waals surface area contributed by atoms with Crippen LogP contribution in [0.25, 0.3) is 0 Å². The van der Waals surface area contributed by atoms with E-state index < -0.39 is 5.92 Å². The zero-order valence-corrected chi connectivity index (χ0v) is 16.2. The van der Waals surface area contributed by atoms with Crippen molar-refractivity contribution >= 4 is 29.3 Å². The van der Waals surface area contributed by atoms with Gasteiger partial charge in [-0.2, -0.15) is 4.98 Å². The minimum Gasteiger partial charge on any atom is -0.497 e. The zero-order valence-electron chi connectivity index (χ0n) is 16.2. The van der Waals surface area contributed by atoms with E-state index in [0.717, 1.165) is 0 Å². The normalized spacial score (nSPS) is 15.2. The predicted octanol–water partition coefficient (Wildman–Crippen LogP) is 0.976. The van der Waals surface area contributed by atoms with Gasteiger partial charge in [0, 0.05) is 25.8 Å². The highest BCUT2D eigenvalue weighted by atomic mass is 16.5. The second kappa shape index (κ2) is 9.20. The third-order valence-electron chi connectivity index (χ3n) is 4.48. The molecule has 1 aliphatic heterocycles. The van der Waals surface area contributed by atoms with E-state index >= 15 is 0 Å². The number of nitrogens with one attached hydrogen (secondary N) is 4. The molecular weight excluding hydrogens is 378 g/mol. The standard InChI is InChI=1S/C19H23N5O5/c1-28-8-7-20-19-23-16-14(18(27)24-19)9-11(17(26)22-16)10-15(25)21-12-3-5-13(29-2)6-4-12/h3-6,11H,7-10H2,1-2H3,(H,21,25)(H3,20,22,23,24,26,27). The number of benzene rings is 1. The maximum absolute atomic E-state index is 12.4. The number of carbonyl (C=O) groups excluding carboxylic acids is 2. The third kappa shape index (κ3) is 5.11. The molecule has 29 heavy (non-hydrogen) atoms. The quantitative estimate of drug-likeness (QED) is 0.484. The monoisotopic (exact) mass is 401 g/mol. The summed E-state index contributed by atoms with van der Waals surface area (Å²) in [6, 6.07) is 6.87. The number of aromatic nitrogens is 2. The van der Waals surface area contributed by atoms with Crippen molar-refractivity contribution in [2.24, 2.45) is 5.92 Å². The first kappa shape index (κ1) is 20.3. The van der Waals surface area contributed by atoms with Crippen LogP contribution in [0.15, 0.2) is 29.1 Å². The molecule has 2 aromatic rings. The molecule has 0 spiro atoms. The van der Waals surface area contributed by atoms with Gasteiger partial charge in [0.15, 0.2) is 0 Å². The minimum absolute atomic E-state index is 0.0510. The lowest BCUT2D eigenvalue weighted by atomic mass is 9.92. The Morgan fingerprint density at radius 2 is 2.00 bits per heavy atom. The number of ether oxygens (including phenoxy) is 2. The van der Waals surface area contributed by atoms with Crippen molar-refractivity contribution < 1.29 is 19.1 Å². The molecule has 1 atom stereocenters. The van der Waals surface area contributed by atoms with E-state index in [2.05, 4.69) is 25.9 Å². The molecule has 2 heterocycles. The first-order chi connectivity index (χ1) is 14.0. The summed E-state index contributed by atoms with van der Waals surface area (Å²) < 4.78 is 10.0. The molecule has 0 fully saturated rings. The molecule has 0 saturated carbocycles. The third-order valence-corrected chi connectivity index (χ3v) is 4.48. The van der Waals surface area contributed by atoms with E-state index in [1.54, 1.807) is 38.5 Å². The van der Waals surface area contributed by atoms with Crippen LogP contribution in [-0.2, 0) is 20.7 Å². The predicted molar refractivity (Wildman–Crippen MR) is 107 cm³/mol. The Bertz CT molecular complexity index is 941. The maximum Gasteiger partial charge on any atom is 0.257 e. The van der Waals surface area contributed by atoms with Crippen molar-refractivity contribution in [1.29, 1.82) is 0 Å². The summed E-state index contributed by atoms with van der Waals surface area (Å²) in [4.78, 5) is 44.0. The zero-order chi connectivity index (χ0) is 20.8. The van der Waals surface area contributed by atoms with Gasteiger partial charge in [-0.25, -0.2) is 0 Å². The molecule has 4 N–H and O–H groups in total. The number of anilines is 3. The van der Waals surface area contributed by atoms with Crippen LogP contribution in [0.2, 0.25) is 0 Å². The van der Waals surface area contributed by atoms with Crippen molar-refractivity contribution in [2.75, 3.05) is 43.3 Å². The van der Waals surface area contributed by atoms with Gasteiger partial charge in [-0.1, -0.05) is 0 Å². The van der Waals surface area contributed by atoms with Crippen LogP contribution in [0.3, 0.4) is 0 Å². The van der Waals surface area contributed by atoms with E-state index in [4.69, 9.17) is 9.47 Å². The van der Waals surface area contributed by atoms with Crippen LogP contribution in [0.4, 0.5) is 17.5 Å². The molecule has 1 aromatic carbocycles. The fourth-order valence-electron chi connectivity index (χ4n) is 2.98. The summed E-state index contributed by atoms with van der Waals surface area (Å²) in [5.74, 6) is -0.179. The number of rotatable bonds is 8. The molecule has 0 saturated heterocycles. The van der Waals surface area contributed by atoms with Crippen molar-refractivity contribution in [3.63, 3.8) is 0 Å². The molecule has 0 radical (unpaired) electrons. The van der Waals surface area contributed by atoms with Gasteiger partial charge in [-0.3, -0.25) is 19.4 Å². The summed E-state index contributed by atoms with van der Waals surface area (Å²) >= 11 is 0. The van der Waals surface area contributed by atoms with Gasteiger partial charge in [0.2, 0.25) is 17.8 Å². The van der Waals surface area contributed by atoms with E-state index in [1.165, 1.54) is 0 Å². The Hall–Kier alpha value is -3.40. The van der Waals surface area contributed by atoms with Crippen LogP contribution in [0.1, 0.15) is 12.0 Å². The molecule has 10 heteroatoms. The van der Waals surface area contributed by atoms with Crippen molar-refractivity contribution in [3.05, 3.63) is 40.2 Å². The lowest BCUT2D eigenvalue weighted by Gasteiger charge is -2.23. The second-order valence-corrected chi connectivity index (χ2v) is 6.53. The molecule has 10 nitrogen and oxygen atoms in total. The van der Waals surface area contributed by atoms with Crippen molar-refractivity contribution in [2.45, 2.75) is 12.8 Å². The van der Waals surface area contributed by atoms with Crippen molar-refractivity contribution in [1.82, 2.24) is 9.97 Å². The largest absolute Gasteiger partial charge is 0.497 e. The summed E-state index contributed by atoms with van der Waals surface area (Å²) in [7, 11) is 3.12. The Labute approximate surface area is 167 Å². The Kier molecular flexibility index (Phi) is 6.45. The molecule has 1 aliphatic rings. The number of hydrogen-bond donors (Lipinski definition) is 4. The lowest BCUT2D eigenvalue weighted by Crippen LogP contribution is -2.37. The molecule has 2 amide bonds. The fourth-order valence-corrected chi connectivity index (χ4v) is 2.98. The van der Waals surface area contributed by atoms with Gasteiger partial charge < -0.3 is 25.4 Å². The molecular formula is C19H23N5O5. The van der Waals surface area contributed by atoms with Gasteiger partial charge in [-0.15, -0.1) is 0 Å². The van der Waals surface area contributed by atoms with E-state index in [1.807, 2.05) is 0 Å². The molecule has 0 bridgehead atoms. The van der Waals surface area contributed by atoms with Crippen LogP contribution < -0.4 is 26.2 Å². The van der Waals surface area contributed by atoms with Crippen molar-refractivity contribution in [3.8, 4) is 5.75 Å². The molecule has 1 aromatic heterocycles. The highest BCUT2D eigenvalue weighted by Gasteiger charge is 2.31. The number of aromatic amines is 1. The maximum atomic E-state index is 12.4. The molecule has 154 valence electrons. The highest BCUT2D eigenvalue weighted by molar-refractivity contribution is 5.99. The number of fused-ring (bicyclic) bond motifs is 1. The van der Waals surface area contributed by atoms with Gasteiger partial charge >= 0.3 is 0 Å². The first-order valence-electron chi connectivity index (χ1n) is 9.11. The number of H-pyrrole nitrogens is 1. The van der Waals surface area contributed by atoms with Crippen LogP contribution >= 0.6 is 0 Å². The number of nitrogens with zero attached hydrogens (tertiary/aromatic N) is 1. The number of carbonyl (C=O) groups is 2. The molecule has 0 aliphatic carbocycles. The Morgan fingerprint density at radius 1 is 1.24 bits per heavy atom. The van der Waals surface area contributed by atoms with Crippen LogP contribution in [0, 0.1) is 5.92 Å².